The molecular formula is C59H61BN2. The molecule has 1 saturated carbocycles. The van der Waals surface area contributed by atoms with Crippen molar-refractivity contribution < 1.29 is 0 Å². The minimum Gasteiger partial charge on any atom is -0.364 e. The maximum atomic E-state index is 2.53. The number of likely N-dealkylation sites (N-methyl/N-ethyl adjacent to an activating group) is 1. The lowest BCUT2D eigenvalue weighted by Gasteiger charge is -2.24. The number of nitrogens with zero attached hydrogens (tertiary/aromatic N) is 2. The van der Waals surface area contributed by atoms with Crippen LogP contribution in [0.3, 0.4) is 0 Å². The Bertz CT molecular complexity index is 2780. The quantitative estimate of drug-likeness (QED) is 0.161. The lowest BCUT2D eigenvalue weighted by atomic mass is 9.41. The van der Waals surface area contributed by atoms with E-state index in [1.807, 2.05) is 18.2 Å². The highest BCUT2D eigenvalue weighted by Gasteiger charge is 2.74. The molecule has 2 unspecified atom stereocenters. The minimum atomic E-state index is 0.123. The second-order valence-electron chi connectivity index (χ2n) is 18.1. The van der Waals surface area contributed by atoms with Crippen molar-refractivity contribution in [2.75, 3.05) is 11.9 Å². The summed E-state index contributed by atoms with van der Waals surface area (Å²) in [5.41, 5.74) is 21.0. The summed E-state index contributed by atoms with van der Waals surface area (Å²) in [7, 11) is 2.28. The number of aryl methyl sites for hydroxylation is 7. The third kappa shape index (κ3) is 8.09. The SMILES string of the molecule is CB(c1ccccc1)c1c(C)cc(C)cc1C.CN1c2ccccc2C23Cc4c(n(-c5ccccc5)c5ccccc45)C=CC12C3.Cc1cc(C)cc(C)c1.Cc1ccccc1. The zero-order chi connectivity index (χ0) is 43.6. The van der Waals surface area contributed by atoms with Crippen LogP contribution in [0.2, 0.25) is 6.82 Å². The topological polar surface area (TPSA) is 8.17 Å². The molecule has 1 aromatic heterocycles. The lowest BCUT2D eigenvalue weighted by Crippen LogP contribution is -2.42. The largest absolute Gasteiger partial charge is 0.364 e. The molecule has 62 heavy (non-hydrogen) atoms. The maximum Gasteiger partial charge on any atom is 0.206 e. The summed E-state index contributed by atoms with van der Waals surface area (Å²) in [6.45, 7) is 17.8. The number of hydrogen-bond donors (Lipinski definition) is 0. The van der Waals surface area contributed by atoms with Gasteiger partial charge in [0.1, 0.15) is 0 Å². The summed E-state index contributed by atoms with van der Waals surface area (Å²) >= 11 is 0. The van der Waals surface area contributed by atoms with E-state index in [0.29, 0.717) is 6.71 Å². The fourth-order valence-corrected chi connectivity index (χ4v) is 10.8. The van der Waals surface area contributed by atoms with Crippen LogP contribution in [0.25, 0.3) is 22.7 Å². The highest BCUT2D eigenvalue weighted by Crippen LogP contribution is 2.71. The van der Waals surface area contributed by atoms with Crippen molar-refractivity contribution in [3.63, 3.8) is 0 Å². The molecule has 2 heterocycles. The summed E-state index contributed by atoms with van der Waals surface area (Å²) in [6.07, 6.45) is 7.21. The van der Waals surface area contributed by atoms with Crippen molar-refractivity contribution in [3.8, 4) is 5.69 Å². The summed E-state index contributed by atoms with van der Waals surface area (Å²) < 4.78 is 2.45. The normalized spacial score (nSPS) is 17.3. The first-order valence-electron chi connectivity index (χ1n) is 22.3. The molecule has 0 N–H and O–H groups in total. The minimum absolute atomic E-state index is 0.123. The standard InChI is InChI=1S/C27H22N2.C16H19B.C9H12.C7H8/c1-28-25-14-8-6-12-22(25)26-17-21-20-11-5-7-13-23(20)29(19-9-3-2-4-10-19)24(21)15-16-27(26,28)18-26;1-12-10-13(2)16(14(3)11-12)17(4)15-8-6-5-7-9-15;1-7-4-8(2)6-9(3)5-7;1-7-5-3-2-4-6-7/h2-16H,17-18H2,1H3;5-11H,1-4H3;4-6H,1-3H3;2-6H,1H3. The first-order chi connectivity index (χ1) is 29.9. The molecule has 1 fully saturated rings. The maximum absolute atomic E-state index is 2.53. The fourth-order valence-electron chi connectivity index (χ4n) is 10.8. The second kappa shape index (κ2) is 17.6. The van der Waals surface area contributed by atoms with E-state index in [9.17, 15) is 0 Å². The number of aromatic nitrogens is 1. The van der Waals surface area contributed by atoms with Crippen molar-refractivity contribution in [2.24, 2.45) is 0 Å². The Labute approximate surface area is 371 Å². The molecule has 0 amide bonds. The van der Waals surface area contributed by atoms with Crippen LogP contribution in [0.5, 0.6) is 0 Å². The molecule has 3 aliphatic rings. The molecule has 2 aliphatic carbocycles. The highest BCUT2D eigenvalue weighted by molar-refractivity contribution is 6.84. The summed E-state index contributed by atoms with van der Waals surface area (Å²) in [5.74, 6) is 0. The predicted octanol–water partition coefficient (Wildman–Crippen LogP) is 13.2. The van der Waals surface area contributed by atoms with Crippen molar-refractivity contribution in [1.29, 1.82) is 0 Å². The van der Waals surface area contributed by atoms with E-state index in [1.165, 1.54) is 95.4 Å². The monoisotopic (exact) mass is 808 g/mol. The summed E-state index contributed by atoms with van der Waals surface area (Å²) in [5, 5.41) is 1.39. The molecule has 7 aromatic carbocycles. The van der Waals surface area contributed by atoms with Crippen LogP contribution in [-0.4, -0.2) is 23.9 Å². The van der Waals surface area contributed by atoms with Crippen LogP contribution in [0, 0.1) is 48.5 Å². The van der Waals surface area contributed by atoms with E-state index in [4.69, 9.17) is 0 Å². The van der Waals surface area contributed by atoms with Gasteiger partial charge in [-0.15, -0.1) is 0 Å². The van der Waals surface area contributed by atoms with Crippen molar-refractivity contribution >= 4 is 40.3 Å². The van der Waals surface area contributed by atoms with Gasteiger partial charge in [-0.2, -0.15) is 0 Å². The Morgan fingerprint density at radius 1 is 0.532 bits per heavy atom. The Balaban J connectivity index is 0.000000135. The second-order valence-corrected chi connectivity index (χ2v) is 18.1. The van der Waals surface area contributed by atoms with Gasteiger partial charge in [0.2, 0.25) is 6.71 Å². The van der Waals surface area contributed by atoms with Crippen molar-refractivity contribution in [3.05, 3.63) is 232 Å². The van der Waals surface area contributed by atoms with Gasteiger partial charge in [0, 0.05) is 34.9 Å². The Morgan fingerprint density at radius 3 is 1.65 bits per heavy atom. The molecule has 0 radical (unpaired) electrons. The first kappa shape index (κ1) is 42.4. The third-order valence-corrected chi connectivity index (χ3v) is 13.5. The number of benzene rings is 7. The predicted molar refractivity (Wildman–Crippen MR) is 270 cm³/mol. The van der Waals surface area contributed by atoms with E-state index < -0.39 is 0 Å². The van der Waals surface area contributed by atoms with Gasteiger partial charge < -0.3 is 9.47 Å². The number of fused-ring (bicyclic) bond motifs is 4. The first-order valence-corrected chi connectivity index (χ1v) is 22.3. The van der Waals surface area contributed by atoms with E-state index in [-0.39, 0.29) is 11.0 Å². The molecule has 0 bridgehead atoms. The van der Waals surface area contributed by atoms with Gasteiger partial charge in [0.25, 0.3) is 0 Å². The van der Waals surface area contributed by atoms with Crippen LogP contribution >= 0.6 is 0 Å². The van der Waals surface area contributed by atoms with Gasteiger partial charge >= 0.3 is 0 Å². The van der Waals surface area contributed by atoms with Crippen LogP contribution < -0.4 is 15.8 Å². The number of para-hydroxylation sites is 3. The van der Waals surface area contributed by atoms with E-state index in [2.05, 4.69) is 236 Å². The van der Waals surface area contributed by atoms with Crippen LogP contribution in [0.15, 0.2) is 176 Å². The van der Waals surface area contributed by atoms with Crippen molar-refractivity contribution in [1.82, 2.24) is 4.57 Å². The van der Waals surface area contributed by atoms with E-state index in [1.54, 1.807) is 0 Å². The van der Waals surface area contributed by atoms with E-state index in [0.717, 1.165) is 6.42 Å². The molecular weight excluding hydrogens is 747 g/mol. The third-order valence-electron chi connectivity index (χ3n) is 13.5. The van der Waals surface area contributed by atoms with Crippen molar-refractivity contribution in [2.45, 2.75) is 79.1 Å². The number of anilines is 1. The Kier molecular flexibility index (Phi) is 12.0. The molecule has 1 aliphatic heterocycles. The van der Waals surface area contributed by atoms with Gasteiger partial charge in [0.05, 0.1) is 11.1 Å². The van der Waals surface area contributed by atoms with Gasteiger partial charge in [-0.25, -0.2) is 0 Å². The highest BCUT2D eigenvalue weighted by atomic mass is 15.3. The van der Waals surface area contributed by atoms with Gasteiger partial charge in [-0.05, 0) is 103 Å². The van der Waals surface area contributed by atoms with Gasteiger partial charge in [-0.3, -0.25) is 0 Å². The molecule has 310 valence electrons. The molecule has 0 saturated heterocycles. The summed E-state index contributed by atoms with van der Waals surface area (Å²) in [6, 6.07) is 60.8. The Hall–Kier alpha value is -6.32. The number of rotatable bonds is 3. The van der Waals surface area contributed by atoms with Gasteiger partial charge in [0.15, 0.2) is 0 Å². The average molecular weight is 809 g/mol. The molecule has 0 spiro atoms. The molecule has 3 heteroatoms. The zero-order valence-corrected chi connectivity index (χ0v) is 38.2. The molecule has 11 rings (SSSR count). The van der Waals surface area contributed by atoms with Crippen LogP contribution in [0.1, 0.15) is 62.2 Å². The smallest absolute Gasteiger partial charge is 0.206 e. The fraction of sp³-hybridized carbons (Fsp3) is 0.220. The van der Waals surface area contributed by atoms with Crippen LogP contribution in [-0.2, 0) is 11.8 Å². The summed E-state index contributed by atoms with van der Waals surface area (Å²) in [4.78, 5) is 2.53. The Morgan fingerprint density at radius 2 is 1.05 bits per heavy atom. The van der Waals surface area contributed by atoms with E-state index >= 15 is 0 Å². The molecule has 2 atom stereocenters. The lowest BCUT2D eigenvalue weighted by molar-refractivity contribution is 0.626. The molecule has 2 nitrogen and oxygen atoms in total. The van der Waals surface area contributed by atoms with Gasteiger partial charge in [-0.1, -0.05) is 208 Å². The van der Waals surface area contributed by atoms with Crippen LogP contribution in [0.4, 0.5) is 5.69 Å². The zero-order valence-electron chi connectivity index (χ0n) is 38.2. The molecule has 8 aromatic rings. The average Bonchev–Trinajstić information content (AvgIpc) is 3.80. The number of hydrogen-bond acceptors (Lipinski definition) is 1.